The number of benzene rings is 2. The van der Waals surface area contributed by atoms with Gasteiger partial charge < -0.3 is 4.74 Å². The number of amides is 2. The number of hydrogen-bond donors (Lipinski definition) is 1. The van der Waals surface area contributed by atoms with Gasteiger partial charge in [-0.1, -0.05) is 54.2 Å². The van der Waals surface area contributed by atoms with Crippen molar-refractivity contribution >= 4 is 33.9 Å². The molecule has 4 aromatic rings. The Balaban J connectivity index is 1.39. The van der Waals surface area contributed by atoms with Gasteiger partial charge in [0.05, 0.1) is 23.7 Å². The molecule has 0 bridgehead atoms. The van der Waals surface area contributed by atoms with Gasteiger partial charge in [0.25, 0.3) is 10.8 Å². The number of rotatable bonds is 8. The zero-order valence-corrected chi connectivity index (χ0v) is 19.9. The van der Waals surface area contributed by atoms with E-state index >= 15 is 0 Å². The summed E-state index contributed by atoms with van der Waals surface area (Å²) in [7, 11) is 0. The van der Waals surface area contributed by atoms with E-state index in [2.05, 4.69) is 10.3 Å². The molecule has 3 heterocycles. The monoisotopic (exact) mass is 502 g/mol. The van der Waals surface area contributed by atoms with E-state index in [0.29, 0.717) is 23.2 Å². The van der Waals surface area contributed by atoms with Gasteiger partial charge in [-0.3, -0.25) is 28.8 Å². The molecule has 5 rings (SSSR count). The van der Waals surface area contributed by atoms with Gasteiger partial charge in [-0.2, -0.15) is 0 Å². The third kappa shape index (κ3) is 4.94. The molecular formula is C26H22N4O5S. The molecule has 1 atom stereocenters. The third-order valence-electron chi connectivity index (χ3n) is 5.86. The third-order valence-corrected chi connectivity index (χ3v) is 6.84. The van der Waals surface area contributed by atoms with Crippen LogP contribution in [0.15, 0.2) is 82.5 Å². The van der Waals surface area contributed by atoms with Gasteiger partial charge in [0.2, 0.25) is 5.91 Å². The van der Waals surface area contributed by atoms with E-state index in [1.165, 1.54) is 9.13 Å². The van der Waals surface area contributed by atoms with Crippen LogP contribution in [0.25, 0.3) is 11.0 Å². The molecule has 1 aliphatic rings. The van der Waals surface area contributed by atoms with Crippen LogP contribution in [-0.2, 0) is 24.3 Å². The molecule has 36 heavy (non-hydrogen) atoms. The van der Waals surface area contributed by atoms with E-state index in [-0.39, 0.29) is 30.8 Å². The van der Waals surface area contributed by atoms with Gasteiger partial charge in [0.1, 0.15) is 18.0 Å². The van der Waals surface area contributed by atoms with Crippen LogP contribution in [0, 0.1) is 0 Å². The maximum Gasteiger partial charge on any atom is 0.333 e. The van der Waals surface area contributed by atoms with Crippen LogP contribution in [0.4, 0.5) is 4.79 Å². The van der Waals surface area contributed by atoms with Gasteiger partial charge in [-0.25, -0.2) is 9.78 Å². The second-order valence-electron chi connectivity index (χ2n) is 8.27. The summed E-state index contributed by atoms with van der Waals surface area (Å²) in [4.78, 5) is 54.0. The molecule has 2 amide bonds. The highest BCUT2D eigenvalue weighted by atomic mass is 32.2. The number of aromatic nitrogens is 3. The fraction of sp³-hybridized carbons (Fsp3) is 0.192. The second-order valence-corrected chi connectivity index (χ2v) is 9.44. The Morgan fingerprint density at radius 3 is 2.36 bits per heavy atom. The minimum absolute atomic E-state index is 0.0934. The summed E-state index contributed by atoms with van der Waals surface area (Å²) in [6.07, 6.45) is 1.98. The molecule has 0 spiro atoms. The summed E-state index contributed by atoms with van der Waals surface area (Å²) in [6, 6.07) is 20.0. The Kier molecular flexibility index (Phi) is 6.68. The summed E-state index contributed by atoms with van der Waals surface area (Å²) in [5.41, 5.74) is 1.17. The zero-order chi connectivity index (χ0) is 25.1. The number of nitrogens with zero attached hydrogens (tertiary/aromatic N) is 3. The quantitative estimate of drug-likeness (QED) is 0.394. The van der Waals surface area contributed by atoms with Crippen LogP contribution in [0.1, 0.15) is 11.1 Å². The van der Waals surface area contributed by atoms with Crippen molar-refractivity contribution < 1.29 is 14.3 Å². The molecule has 1 saturated heterocycles. The highest BCUT2D eigenvalue weighted by Gasteiger charge is 2.31. The van der Waals surface area contributed by atoms with Crippen molar-refractivity contribution in [2.24, 2.45) is 0 Å². The number of carbonyl (C=O) groups excluding carboxylic acids is 2. The van der Waals surface area contributed by atoms with Gasteiger partial charge in [0, 0.05) is 6.20 Å². The number of fused-ring (bicyclic) bond motifs is 1. The summed E-state index contributed by atoms with van der Waals surface area (Å²) in [5.74, 6) is 0.378. The molecule has 182 valence electrons. The fourth-order valence-electron chi connectivity index (χ4n) is 4.06. The fourth-order valence-corrected chi connectivity index (χ4v) is 4.92. The summed E-state index contributed by atoms with van der Waals surface area (Å²) >= 11 is 0.991. The number of ether oxygens (including phenoxy) is 1. The summed E-state index contributed by atoms with van der Waals surface area (Å²) < 4.78 is 8.35. The molecule has 1 N–H and O–H groups in total. The lowest BCUT2D eigenvalue weighted by Crippen LogP contribution is -2.41. The van der Waals surface area contributed by atoms with Crippen LogP contribution < -0.4 is 21.3 Å². The standard InChI is InChI=1S/C26H22N4O5S/c31-23-21(36-25(33)28-23)15-17-8-10-18(11-9-17)16-30-22-20(7-4-12-27-22)24(32)29(26(30)34)13-14-35-19-5-2-1-3-6-19/h1-12,21H,13-16H2,(H,28,31,33). The number of thioether (sulfide) groups is 1. The first-order valence-electron chi connectivity index (χ1n) is 11.3. The highest BCUT2D eigenvalue weighted by Crippen LogP contribution is 2.23. The molecule has 10 heteroatoms. The van der Waals surface area contributed by atoms with Crippen LogP contribution in [0.2, 0.25) is 0 Å². The first-order valence-corrected chi connectivity index (χ1v) is 12.2. The van der Waals surface area contributed by atoms with Crippen molar-refractivity contribution in [3.8, 4) is 5.75 Å². The van der Waals surface area contributed by atoms with Gasteiger partial charge in [-0.15, -0.1) is 0 Å². The number of pyridine rings is 1. The molecule has 9 nitrogen and oxygen atoms in total. The van der Waals surface area contributed by atoms with E-state index in [1.807, 2.05) is 54.6 Å². The van der Waals surface area contributed by atoms with E-state index in [4.69, 9.17) is 4.74 Å². The topological polar surface area (TPSA) is 112 Å². The zero-order valence-electron chi connectivity index (χ0n) is 19.1. The Hall–Kier alpha value is -4.18. The number of para-hydroxylation sites is 1. The van der Waals surface area contributed by atoms with E-state index in [9.17, 15) is 19.2 Å². The predicted molar refractivity (Wildman–Crippen MR) is 136 cm³/mol. The Morgan fingerprint density at radius 2 is 1.64 bits per heavy atom. The highest BCUT2D eigenvalue weighted by molar-refractivity contribution is 8.15. The van der Waals surface area contributed by atoms with Gasteiger partial charge >= 0.3 is 5.69 Å². The molecule has 2 aromatic heterocycles. The van der Waals surface area contributed by atoms with Crippen molar-refractivity contribution in [3.05, 3.63) is 105 Å². The molecule has 1 unspecified atom stereocenters. The molecule has 0 aliphatic carbocycles. The number of carbonyl (C=O) groups is 2. The van der Waals surface area contributed by atoms with Gasteiger partial charge in [0.15, 0.2) is 0 Å². The van der Waals surface area contributed by atoms with Crippen molar-refractivity contribution in [3.63, 3.8) is 0 Å². The lowest BCUT2D eigenvalue weighted by molar-refractivity contribution is -0.118. The summed E-state index contributed by atoms with van der Waals surface area (Å²) in [5, 5.41) is 1.87. The van der Waals surface area contributed by atoms with E-state index in [0.717, 1.165) is 22.9 Å². The van der Waals surface area contributed by atoms with Crippen LogP contribution in [-0.4, -0.2) is 37.1 Å². The number of nitrogens with one attached hydrogen (secondary N) is 1. The first kappa shape index (κ1) is 23.6. The average molecular weight is 503 g/mol. The SMILES string of the molecule is O=C1NC(=O)C(Cc2ccc(Cn3c(=O)n(CCOc4ccccc4)c(=O)c4cccnc43)cc2)S1. The molecule has 1 aliphatic heterocycles. The minimum Gasteiger partial charge on any atom is -0.492 e. The Morgan fingerprint density at radius 1 is 0.889 bits per heavy atom. The van der Waals surface area contributed by atoms with Gasteiger partial charge in [-0.05, 0) is 41.8 Å². The van der Waals surface area contributed by atoms with E-state index < -0.39 is 16.5 Å². The Labute approximate surface area is 209 Å². The molecule has 0 radical (unpaired) electrons. The van der Waals surface area contributed by atoms with Crippen molar-refractivity contribution in [2.75, 3.05) is 6.61 Å². The van der Waals surface area contributed by atoms with Crippen LogP contribution in [0.3, 0.4) is 0 Å². The smallest absolute Gasteiger partial charge is 0.333 e. The second kappa shape index (κ2) is 10.2. The van der Waals surface area contributed by atoms with E-state index in [1.54, 1.807) is 18.3 Å². The largest absolute Gasteiger partial charge is 0.492 e. The lowest BCUT2D eigenvalue weighted by atomic mass is 10.1. The average Bonchev–Trinajstić information content (AvgIpc) is 3.21. The van der Waals surface area contributed by atoms with Crippen LogP contribution in [0.5, 0.6) is 5.75 Å². The maximum absolute atomic E-state index is 13.4. The van der Waals surface area contributed by atoms with Crippen LogP contribution >= 0.6 is 11.8 Å². The predicted octanol–water partition coefficient (Wildman–Crippen LogP) is 2.58. The summed E-state index contributed by atoms with van der Waals surface area (Å²) in [6.45, 7) is 0.467. The molecule has 1 fully saturated rings. The molecular weight excluding hydrogens is 480 g/mol. The Bertz CT molecular complexity index is 1550. The van der Waals surface area contributed by atoms with Crippen molar-refractivity contribution in [1.29, 1.82) is 0 Å². The van der Waals surface area contributed by atoms with Crippen molar-refractivity contribution in [2.45, 2.75) is 24.8 Å². The number of hydrogen-bond acceptors (Lipinski definition) is 7. The molecule has 0 saturated carbocycles. The van der Waals surface area contributed by atoms with Crippen molar-refractivity contribution in [1.82, 2.24) is 19.4 Å². The first-order chi connectivity index (χ1) is 17.5. The minimum atomic E-state index is -0.468. The molecule has 2 aromatic carbocycles. The normalized spacial score (nSPS) is 15.3. The maximum atomic E-state index is 13.4. The number of imide groups is 1. The lowest BCUT2D eigenvalue weighted by Gasteiger charge is -2.14.